The first-order valence-corrected chi connectivity index (χ1v) is 7.63. The van der Waals surface area contributed by atoms with Crippen LogP contribution in [-0.4, -0.2) is 19.0 Å². The van der Waals surface area contributed by atoms with E-state index in [0.717, 1.165) is 24.0 Å². The van der Waals surface area contributed by atoms with Crippen molar-refractivity contribution < 1.29 is 14.3 Å². The fraction of sp³-hybridized carbons (Fsp3) is 0.263. The zero-order valence-corrected chi connectivity index (χ0v) is 13.3. The molecule has 4 heteroatoms. The summed E-state index contributed by atoms with van der Waals surface area (Å²) >= 11 is 0. The molecule has 0 aromatic heterocycles. The number of carbonyl (C=O) groups excluding carboxylic acids is 2. The largest absolute Gasteiger partial charge is 0.465 e. The van der Waals surface area contributed by atoms with Gasteiger partial charge in [0.05, 0.1) is 18.1 Å². The number of amides is 1. The zero-order valence-electron chi connectivity index (χ0n) is 13.3. The molecule has 23 heavy (non-hydrogen) atoms. The maximum Gasteiger partial charge on any atom is 0.338 e. The molecule has 1 N–H and O–H groups in total. The van der Waals surface area contributed by atoms with Crippen LogP contribution in [-0.2, 0) is 14.9 Å². The van der Waals surface area contributed by atoms with Crippen molar-refractivity contribution in [3.8, 4) is 0 Å². The van der Waals surface area contributed by atoms with Gasteiger partial charge in [0.25, 0.3) is 0 Å². The van der Waals surface area contributed by atoms with Crippen LogP contribution < -0.4 is 5.32 Å². The van der Waals surface area contributed by atoms with Gasteiger partial charge in [-0.2, -0.15) is 0 Å². The van der Waals surface area contributed by atoms with E-state index in [2.05, 4.69) is 5.32 Å². The first kappa shape index (κ1) is 15.3. The summed E-state index contributed by atoms with van der Waals surface area (Å²) in [5, 5.41) is 2.98. The van der Waals surface area contributed by atoms with Crippen molar-refractivity contribution in [2.24, 2.45) is 0 Å². The molecule has 2 aromatic rings. The summed E-state index contributed by atoms with van der Waals surface area (Å²) in [7, 11) is 1.35. The van der Waals surface area contributed by atoms with E-state index in [0.29, 0.717) is 11.3 Å². The molecule has 3 rings (SSSR count). The van der Waals surface area contributed by atoms with E-state index < -0.39 is 11.4 Å². The van der Waals surface area contributed by atoms with Crippen LogP contribution >= 0.6 is 0 Å². The second-order valence-electron chi connectivity index (χ2n) is 5.87. The highest BCUT2D eigenvalue weighted by Crippen LogP contribution is 2.49. The lowest BCUT2D eigenvalue weighted by Crippen LogP contribution is -2.28. The molecule has 4 nitrogen and oxygen atoms in total. The molecule has 1 aliphatic rings. The van der Waals surface area contributed by atoms with E-state index in [1.54, 1.807) is 18.2 Å². The topological polar surface area (TPSA) is 55.4 Å². The van der Waals surface area contributed by atoms with Crippen LogP contribution in [0.3, 0.4) is 0 Å². The Kier molecular flexibility index (Phi) is 3.90. The molecular weight excluding hydrogens is 290 g/mol. The van der Waals surface area contributed by atoms with Gasteiger partial charge in [-0.05, 0) is 43.0 Å². The van der Waals surface area contributed by atoms with Crippen LogP contribution in [0.5, 0.6) is 0 Å². The number of anilines is 1. The molecule has 0 saturated heterocycles. The molecule has 1 fully saturated rings. The number of nitrogens with one attached hydrogen (secondary N) is 1. The highest BCUT2D eigenvalue weighted by Gasteiger charge is 2.51. The quantitative estimate of drug-likeness (QED) is 0.880. The van der Waals surface area contributed by atoms with Crippen molar-refractivity contribution in [3.05, 3.63) is 65.2 Å². The Morgan fingerprint density at radius 3 is 2.35 bits per heavy atom. The minimum absolute atomic E-state index is 0.0196. The van der Waals surface area contributed by atoms with Crippen molar-refractivity contribution in [2.45, 2.75) is 25.2 Å². The standard InChI is InChI=1S/C19H19NO3/c1-13-15(17(21)23-2)9-6-10-16(13)20-18(22)19(11-12-19)14-7-4-3-5-8-14/h3-10H,11-12H2,1-2H3,(H,20,22). The van der Waals surface area contributed by atoms with Gasteiger partial charge in [-0.3, -0.25) is 4.79 Å². The molecule has 1 saturated carbocycles. The van der Waals surface area contributed by atoms with Crippen molar-refractivity contribution >= 4 is 17.6 Å². The number of esters is 1. The normalized spacial score (nSPS) is 14.9. The number of ether oxygens (including phenoxy) is 1. The SMILES string of the molecule is COC(=O)c1cccc(NC(=O)C2(c3ccccc3)CC2)c1C. The van der Waals surface area contributed by atoms with Gasteiger partial charge in [-0.15, -0.1) is 0 Å². The van der Waals surface area contributed by atoms with Crippen LogP contribution in [0.25, 0.3) is 0 Å². The monoisotopic (exact) mass is 309 g/mol. The van der Waals surface area contributed by atoms with Crippen LogP contribution in [0, 0.1) is 6.92 Å². The van der Waals surface area contributed by atoms with Crippen LogP contribution in [0.2, 0.25) is 0 Å². The van der Waals surface area contributed by atoms with E-state index in [1.165, 1.54) is 7.11 Å². The average Bonchev–Trinajstić information content (AvgIpc) is 3.39. The first-order valence-electron chi connectivity index (χ1n) is 7.63. The molecule has 0 heterocycles. The Balaban J connectivity index is 1.86. The van der Waals surface area contributed by atoms with Crippen molar-refractivity contribution in [1.29, 1.82) is 0 Å². The summed E-state index contributed by atoms with van der Waals surface area (Å²) < 4.78 is 4.77. The molecule has 2 aromatic carbocycles. The molecule has 0 radical (unpaired) electrons. The van der Waals surface area contributed by atoms with Crippen molar-refractivity contribution in [3.63, 3.8) is 0 Å². The Morgan fingerprint density at radius 1 is 1.04 bits per heavy atom. The van der Waals surface area contributed by atoms with Crippen LogP contribution in [0.1, 0.15) is 34.3 Å². The number of methoxy groups -OCH3 is 1. The molecule has 1 aliphatic carbocycles. The number of rotatable bonds is 4. The van der Waals surface area contributed by atoms with Gasteiger partial charge in [0.1, 0.15) is 0 Å². The molecule has 0 aliphatic heterocycles. The van der Waals surface area contributed by atoms with Gasteiger partial charge < -0.3 is 10.1 Å². The van der Waals surface area contributed by atoms with Gasteiger partial charge >= 0.3 is 5.97 Å². The van der Waals surface area contributed by atoms with Gasteiger partial charge in [0.15, 0.2) is 0 Å². The summed E-state index contributed by atoms with van der Waals surface area (Å²) in [5.41, 5.74) is 2.44. The third-order valence-electron chi connectivity index (χ3n) is 4.50. The van der Waals surface area contributed by atoms with Gasteiger partial charge in [-0.1, -0.05) is 36.4 Å². The highest BCUT2D eigenvalue weighted by atomic mass is 16.5. The maximum absolute atomic E-state index is 12.8. The third kappa shape index (κ3) is 2.72. The van der Waals surface area contributed by atoms with Gasteiger partial charge in [0, 0.05) is 5.69 Å². The average molecular weight is 309 g/mol. The molecule has 1 amide bonds. The summed E-state index contributed by atoms with van der Waals surface area (Å²) in [6.45, 7) is 1.81. The minimum atomic E-state index is -0.436. The fourth-order valence-electron chi connectivity index (χ4n) is 2.87. The Hall–Kier alpha value is -2.62. The van der Waals surface area contributed by atoms with Crippen LogP contribution in [0.15, 0.2) is 48.5 Å². The van der Waals surface area contributed by atoms with Gasteiger partial charge in [0.2, 0.25) is 5.91 Å². The Bertz CT molecular complexity index is 748. The van der Waals surface area contributed by atoms with E-state index in [-0.39, 0.29) is 5.91 Å². The van der Waals surface area contributed by atoms with E-state index in [4.69, 9.17) is 4.74 Å². The second-order valence-corrected chi connectivity index (χ2v) is 5.87. The van der Waals surface area contributed by atoms with E-state index in [9.17, 15) is 9.59 Å². The third-order valence-corrected chi connectivity index (χ3v) is 4.50. The van der Waals surface area contributed by atoms with Crippen molar-refractivity contribution in [2.75, 3.05) is 12.4 Å². The number of hydrogen-bond acceptors (Lipinski definition) is 3. The van der Waals surface area contributed by atoms with E-state index in [1.807, 2.05) is 37.3 Å². The van der Waals surface area contributed by atoms with Gasteiger partial charge in [-0.25, -0.2) is 4.79 Å². The first-order chi connectivity index (χ1) is 11.1. The smallest absolute Gasteiger partial charge is 0.338 e. The summed E-state index contributed by atoms with van der Waals surface area (Å²) in [6.07, 6.45) is 1.69. The molecule has 0 unspecified atom stereocenters. The summed E-state index contributed by atoms with van der Waals surface area (Å²) in [5.74, 6) is -0.420. The minimum Gasteiger partial charge on any atom is -0.465 e. The molecular formula is C19H19NO3. The highest BCUT2D eigenvalue weighted by molar-refractivity contribution is 6.03. The number of carbonyl (C=O) groups is 2. The molecule has 0 atom stereocenters. The lowest BCUT2D eigenvalue weighted by molar-refractivity contribution is -0.118. The second kappa shape index (κ2) is 5.88. The van der Waals surface area contributed by atoms with Crippen molar-refractivity contribution in [1.82, 2.24) is 0 Å². The fourth-order valence-corrected chi connectivity index (χ4v) is 2.87. The predicted octanol–water partition coefficient (Wildman–Crippen LogP) is 3.45. The Labute approximate surface area is 135 Å². The maximum atomic E-state index is 12.8. The lowest BCUT2D eigenvalue weighted by atomic mass is 9.94. The molecule has 118 valence electrons. The summed E-state index contributed by atoms with van der Waals surface area (Å²) in [4.78, 5) is 24.5. The predicted molar refractivity (Wildman–Crippen MR) is 88.5 cm³/mol. The van der Waals surface area contributed by atoms with E-state index >= 15 is 0 Å². The molecule has 0 spiro atoms. The number of hydrogen-bond donors (Lipinski definition) is 1. The summed E-state index contributed by atoms with van der Waals surface area (Å²) in [6, 6.07) is 15.1. The zero-order chi connectivity index (χ0) is 16.4. The van der Waals surface area contributed by atoms with Crippen LogP contribution in [0.4, 0.5) is 5.69 Å². The lowest BCUT2D eigenvalue weighted by Gasteiger charge is -2.17. The number of benzene rings is 2. The Morgan fingerprint density at radius 2 is 1.74 bits per heavy atom. The molecule has 0 bridgehead atoms.